The van der Waals surface area contributed by atoms with Gasteiger partial charge in [-0.25, -0.2) is 0 Å². The largest absolute Gasteiger partial charge is 0.497 e. The summed E-state index contributed by atoms with van der Waals surface area (Å²) >= 11 is 12.3. The number of ketones is 1. The summed E-state index contributed by atoms with van der Waals surface area (Å²) in [5.74, 6) is 0.516. The van der Waals surface area contributed by atoms with Crippen molar-refractivity contribution in [2.75, 3.05) is 12.0 Å². The molecule has 1 heterocycles. The minimum atomic E-state index is -0.263. The van der Waals surface area contributed by atoms with Crippen LogP contribution in [0.25, 0.3) is 0 Å². The van der Waals surface area contributed by atoms with Crippen molar-refractivity contribution in [2.24, 2.45) is 5.41 Å². The summed E-state index contributed by atoms with van der Waals surface area (Å²) in [5, 5.41) is 0.804. The van der Waals surface area contributed by atoms with Gasteiger partial charge in [-0.3, -0.25) is 14.5 Å². The highest BCUT2D eigenvalue weighted by Crippen LogP contribution is 2.48. The molecule has 2 aliphatic rings. The third kappa shape index (κ3) is 3.75. The van der Waals surface area contributed by atoms with Crippen molar-refractivity contribution < 1.29 is 14.3 Å². The van der Waals surface area contributed by atoms with Gasteiger partial charge in [0.25, 0.3) is 0 Å². The summed E-state index contributed by atoms with van der Waals surface area (Å²) in [7, 11) is 1.61. The second kappa shape index (κ2) is 7.75. The molecular formula is C24H23Cl2NO3. The SMILES string of the molecule is COc1ccc(C2CC(=O)N(c3ccc(Cl)c(Cl)c3)C3=C2C(=O)CC(C)(C)C3)cc1. The van der Waals surface area contributed by atoms with Crippen LogP contribution in [0.5, 0.6) is 5.75 Å². The summed E-state index contributed by atoms with van der Waals surface area (Å²) < 4.78 is 5.25. The maximum atomic E-state index is 13.4. The molecule has 0 saturated heterocycles. The normalized spacial score (nSPS) is 21.0. The van der Waals surface area contributed by atoms with E-state index in [1.165, 1.54) is 0 Å². The smallest absolute Gasteiger partial charge is 0.232 e. The third-order valence-corrected chi connectivity index (χ3v) is 6.56. The average molecular weight is 444 g/mol. The Labute approximate surface area is 186 Å². The highest BCUT2D eigenvalue weighted by atomic mass is 35.5. The maximum absolute atomic E-state index is 13.4. The summed E-state index contributed by atoms with van der Waals surface area (Å²) in [4.78, 5) is 28.3. The molecule has 0 saturated carbocycles. The highest BCUT2D eigenvalue weighted by molar-refractivity contribution is 6.42. The standard InChI is InChI=1S/C24H23Cl2NO3/c1-24(2)12-20-23(21(28)13-24)17(14-4-7-16(30-3)8-5-14)11-22(29)27(20)15-6-9-18(25)19(26)10-15/h4-10,17H,11-13H2,1-3H3. The van der Waals surface area contributed by atoms with Crippen LogP contribution >= 0.6 is 23.2 Å². The first-order valence-electron chi connectivity index (χ1n) is 9.88. The number of hydrogen-bond acceptors (Lipinski definition) is 3. The van der Waals surface area contributed by atoms with Gasteiger partial charge in [0.2, 0.25) is 5.91 Å². The van der Waals surface area contributed by atoms with E-state index in [1.54, 1.807) is 30.2 Å². The molecule has 1 aliphatic heterocycles. The zero-order chi connectivity index (χ0) is 21.6. The first-order chi connectivity index (χ1) is 14.2. The molecule has 4 rings (SSSR count). The van der Waals surface area contributed by atoms with E-state index in [0.717, 1.165) is 22.6 Å². The molecule has 1 amide bonds. The number of halogens is 2. The minimum Gasteiger partial charge on any atom is -0.497 e. The van der Waals surface area contributed by atoms with E-state index in [1.807, 2.05) is 24.3 Å². The van der Waals surface area contributed by atoms with Crippen LogP contribution in [0.2, 0.25) is 10.0 Å². The predicted octanol–water partition coefficient (Wildman–Crippen LogP) is 6.17. The number of rotatable bonds is 3. The molecule has 0 N–H and O–H groups in total. The fourth-order valence-corrected chi connectivity index (χ4v) is 4.75. The van der Waals surface area contributed by atoms with Crippen molar-refractivity contribution in [2.45, 2.75) is 39.0 Å². The molecular weight excluding hydrogens is 421 g/mol. The number of methoxy groups -OCH3 is 1. The van der Waals surface area contributed by atoms with Crippen LogP contribution in [0, 0.1) is 5.41 Å². The van der Waals surface area contributed by atoms with Crippen LogP contribution in [-0.2, 0) is 9.59 Å². The first kappa shape index (κ1) is 21.0. The molecule has 156 valence electrons. The number of allylic oxidation sites excluding steroid dienone is 2. The van der Waals surface area contributed by atoms with E-state index in [0.29, 0.717) is 28.6 Å². The van der Waals surface area contributed by atoms with Crippen LogP contribution in [0.1, 0.15) is 44.6 Å². The number of anilines is 1. The van der Waals surface area contributed by atoms with E-state index >= 15 is 0 Å². The lowest BCUT2D eigenvalue weighted by atomic mass is 9.69. The Morgan fingerprint density at radius 3 is 2.33 bits per heavy atom. The van der Waals surface area contributed by atoms with Crippen LogP contribution < -0.4 is 9.64 Å². The number of nitrogens with zero attached hydrogens (tertiary/aromatic N) is 1. The monoisotopic (exact) mass is 443 g/mol. The molecule has 0 radical (unpaired) electrons. The Bertz CT molecular complexity index is 1060. The topological polar surface area (TPSA) is 46.6 Å². The van der Waals surface area contributed by atoms with Crippen LogP contribution in [-0.4, -0.2) is 18.8 Å². The van der Waals surface area contributed by atoms with Gasteiger partial charge in [0.1, 0.15) is 5.75 Å². The highest BCUT2D eigenvalue weighted by Gasteiger charge is 2.44. The summed E-state index contributed by atoms with van der Waals surface area (Å²) in [6.07, 6.45) is 1.31. The van der Waals surface area contributed by atoms with E-state index in [-0.39, 0.29) is 29.4 Å². The van der Waals surface area contributed by atoms with Crippen LogP contribution in [0.4, 0.5) is 5.69 Å². The Morgan fingerprint density at radius 1 is 1.00 bits per heavy atom. The van der Waals surface area contributed by atoms with Gasteiger partial charge in [-0.2, -0.15) is 0 Å². The van der Waals surface area contributed by atoms with Crippen molar-refractivity contribution in [3.05, 3.63) is 69.3 Å². The Hall–Kier alpha value is -2.30. The van der Waals surface area contributed by atoms with Gasteiger partial charge >= 0.3 is 0 Å². The zero-order valence-corrected chi connectivity index (χ0v) is 18.7. The summed E-state index contributed by atoms with van der Waals surface area (Å²) in [6.45, 7) is 4.12. The first-order valence-corrected chi connectivity index (χ1v) is 10.6. The Balaban J connectivity index is 1.87. The number of benzene rings is 2. The molecule has 0 fully saturated rings. The van der Waals surface area contributed by atoms with Gasteiger partial charge in [-0.15, -0.1) is 0 Å². The molecule has 0 aromatic heterocycles. The Morgan fingerprint density at radius 2 is 1.70 bits per heavy atom. The fourth-order valence-electron chi connectivity index (χ4n) is 4.46. The fraction of sp³-hybridized carbons (Fsp3) is 0.333. The molecule has 30 heavy (non-hydrogen) atoms. The molecule has 0 spiro atoms. The minimum absolute atomic E-state index is 0.0570. The number of hydrogen-bond donors (Lipinski definition) is 0. The Kier molecular flexibility index (Phi) is 5.41. The number of amides is 1. The van der Waals surface area contributed by atoms with Gasteiger partial charge in [0.05, 0.1) is 22.8 Å². The van der Waals surface area contributed by atoms with Crippen molar-refractivity contribution in [1.29, 1.82) is 0 Å². The molecule has 2 aromatic rings. The number of carbonyl (C=O) groups is 2. The van der Waals surface area contributed by atoms with Gasteiger partial charge in [-0.05, 0) is 47.7 Å². The van der Waals surface area contributed by atoms with Crippen LogP contribution in [0.15, 0.2) is 53.7 Å². The van der Waals surface area contributed by atoms with Gasteiger partial charge < -0.3 is 4.74 Å². The molecule has 4 nitrogen and oxygen atoms in total. The van der Waals surface area contributed by atoms with Gasteiger partial charge in [0.15, 0.2) is 5.78 Å². The van der Waals surface area contributed by atoms with Crippen molar-refractivity contribution in [1.82, 2.24) is 0 Å². The van der Waals surface area contributed by atoms with E-state index in [2.05, 4.69) is 13.8 Å². The molecule has 6 heteroatoms. The molecule has 1 aliphatic carbocycles. The van der Waals surface area contributed by atoms with Crippen molar-refractivity contribution in [3.63, 3.8) is 0 Å². The quantitative estimate of drug-likeness (QED) is 0.569. The maximum Gasteiger partial charge on any atom is 0.232 e. The third-order valence-electron chi connectivity index (χ3n) is 5.82. The van der Waals surface area contributed by atoms with Crippen molar-refractivity contribution in [3.8, 4) is 5.75 Å². The molecule has 2 aromatic carbocycles. The predicted molar refractivity (Wildman–Crippen MR) is 119 cm³/mol. The molecule has 1 unspecified atom stereocenters. The lowest BCUT2D eigenvalue weighted by Gasteiger charge is -2.43. The van der Waals surface area contributed by atoms with Crippen molar-refractivity contribution >= 4 is 40.6 Å². The number of ether oxygens (including phenoxy) is 1. The molecule has 1 atom stereocenters. The summed E-state index contributed by atoms with van der Waals surface area (Å²) in [5.41, 5.74) is 2.85. The average Bonchev–Trinajstić information content (AvgIpc) is 2.68. The lowest BCUT2D eigenvalue weighted by molar-refractivity contribution is -0.121. The van der Waals surface area contributed by atoms with Gasteiger partial charge in [0, 0.05) is 30.0 Å². The van der Waals surface area contributed by atoms with E-state index in [9.17, 15) is 9.59 Å². The van der Waals surface area contributed by atoms with E-state index in [4.69, 9.17) is 27.9 Å². The second-order valence-corrected chi connectivity index (χ2v) is 9.47. The van der Waals surface area contributed by atoms with Crippen LogP contribution in [0.3, 0.4) is 0 Å². The van der Waals surface area contributed by atoms with Gasteiger partial charge in [-0.1, -0.05) is 49.2 Å². The zero-order valence-electron chi connectivity index (χ0n) is 17.2. The molecule has 0 bridgehead atoms. The number of Topliss-reactive ketones (excluding diaryl/α,β-unsaturated/α-hetero) is 1. The number of carbonyl (C=O) groups excluding carboxylic acids is 2. The second-order valence-electron chi connectivity index (χ2n) is 8.66. The lowest BCUT2D eigenvalue weighted by Crippen LogP contribution is -2.43. The van der Waals surface area contributed by atoms with E-state index < -0.39 is 0 Å². The summed E-state index contributed by atoms with van der Waals surface area (Å²) in [6, 6.07) is 12.7.